The summed E-state index contributed by atoms with van der Waals surface area (Å²) in [6, 6.07) is 7.12. The first-order chi connectivity index (χ1) is 14.5. The van der Waals surface area contributed by atoms with Gasteiger partial charge >= 0.3 is 6.18 Å². The van der Waals surface area contributed by atoms with Gasteiger partial charge in [0.25, 0.3) is 0 Å². The largest absolute Gasteiger partial charge is 0.495 e. The summed E-state index contributed by atoms with van der Waals surface area (Å²) in [5, 5.41) is 2.52. The predicted molar refractivity (Wildman–Crippen MR) is 105 cm³/mol. The van der Waals surface area contributed by atoms with Crippen molar-refractivity contribution in [2.24, 2.45) is 5.92 Å². The van der Waals surface area contributed by atoms with Crippen molar-refractivity contribution in [3.05, 3.63) is 53.8 Å². The molecule has 3 rings (SSSR count). The Balaban J connectivity index is 1.74. The fourth-order valence-corrected chi connectivity index (χ4v) is 5.04. The van der Waals surface area contributed by atoms with E-state index in [1.54, 1.807) is 0 Å². The first-order valence-corrected chi connectivity index (χ1v) is 10.8. The van der Waals surface area contributed by atoms with Crippen LogP contribution in [0.25, 0.3) is 0 Å². The fraction of sp³-hybridized carbons (Fsp3) is 0.350. The first kappa shape index (κ1) is 23.0. The molecule has 11 heteroatoms. The number of anilines is 1. The molecule has 0 bridgehead atoms. The number of carbonyl (C=O) groups is 1. The Kier molecular flexibility index (Phi) is 6.56. The van der Waals surface area contributed by atoms with Gasteiger partial charge in [-0.3, -0.25) is 4.79 Å². The number of alkyl halides is 3. The number of benzene rings is 2. The normalized spacial score (nSPS) is 17.9. The molecule has 0 radical (unpaired) electrons. The van der Waals surface area contributed by atoms with Gasteiger partial charge in [-0.15, -0.1) is 0 Å². The first-order valence-electron chi connectivity index (χ1n) is 9.34. The third kappa shape index (κ3) is 5.16. The van der Waals surface area contributed by atoms with E-state index in [1.807, 2.05) is 0 Å². The van der Waals surface area contributed by atoms with Gasteiger partial charge in [0.1, 0.15) is 16.5 Å². The zero-order valence-electron chi connectivity index (χ0n) is 16.4. The van der Waals surface area contributed by atoms with Crippen LogP contribution in [0.4, 0.5) is 23.2 Å². The summed E-state index contributed by atoms with van der Waals surface area (Å²) in [6.45, 7) is 0.000525. The van der Waals surface area contributed by atoms with E-state index in [0.29, 0.717) is 12.8 Å². The lowest BCUT2D eigenvalue weighted by atomic mass is 9.98. The van der Waals surface area contributed by atoms with E-state index >= 15 is 0 Å². The second-order valence-corrected chi connectivity index (χ2v) is 8.97. The van der Waals surface area contributed by atoms with Crippen molar-refractivity contribution in [1.82, 2.24) is 4.31 Å². The van der Waals surface area contributed by atoms with Crippen LogP contribution in [0.3, 0.4) is 0 Å². The molecule has 31 heavy (non-hydrogen) atoms. The SMILES string of the molecule is COc1ccc(F)cc1S(=O)(=O)N1CCC[C@@H](C(=O)Nc2ccc(C(F)(F)F)cc2)C1. The molecule has 6 nitrogen and oxygen atoms in total. The third-order valence-corrected chi connectivity index (χ3v) is 6.86. The highest BCUT2D eigenvalue weighted by atomic mass is 32.2. The van der Waals surface area contributed by atoms with E-state index in [9.17, 15) is 30.8 Å². The van der Waals surface area contributed by atoms with Crippen molar-refractivity contribution in [2.45, 2.75) is 23.9 Å². The molecule has 1 fully saturated rings. The number of carbonyl (C=O) groups excluding carboxylic acids is 1. The Hall–Kier alpha value is -2.66. The van der Waals surface area contributed by atoms with Crippen LogP contribution in [0, 0.1) is 11.7 Å². The minimum absolute atomic E-state index is 0.0160. The number of nitrogens with one attached hydrogen (secondary N) is 1. The number of nitrogens with zero attached hydrogens (tertiary/aromatic N) is 1. The molecule has 168 valence electrons. The molecular weight excluding hydrogens is 440 g/mol. The standard InChI is InChI=1S/C20H20F4N2O4S/c1-30-17-9-6-15(21)11-18(17)31(28,29)26-10-2-3-13(12-26)19(27)25-16-7-4-14(5-8-16)20(22,23)24/h4-9,11,13H,2-3,10,12H2,1H3,(H,25,27)/t13-/m1/s1. The van der Waals surface area contributed by atoms with E-state index in [2.05, 4.69) is 5.32 Å². The van der Waals surface area contributed by atoms with E-state index in [4.69, 9.17) is 4.74 Å². The number of ether oxygens (including phenoxy) is 1. The second-order valence-electron chi connectivity index (χ2n) is 7.06. The van der Waals surface area contributed by atoms with Gasteiger partial charge in [-0.2, -0.15) is 17.5 Å². The van der Waals surface area contributed by atoms with Crippen molar-refractivity contribution in [2.75, 3.05) is 25.5 Å². The van der Waals surface area contributed by atoms with Crippen LogP contribution < -0.4 is 10.1 Å². The molecule has 1 heterocycles. The minimum atomic E-state index is -4.49. The van der Waals surface area contributed by atoms with Crippen LogP contribution in [0.1, 0.15) is 18.4 Å². The molecule has 0 aromatic heterocycles. The number of sulfonamides is 1. The van der Waals surface area contributed by atoms with Crippen LogP contribution in [-0.2, 0) is 21.0 Å². The fourth-order valence-electron chi connectivity index (χ4n) is 3.35. The van der Waals surface area contributed by atoms with Crippen molar-refractivity contribution in [3.63, 3.8) is 0 Å². The molecule has 0 spiro atoms. The molecule has 1 amide bonds. The molecule has 1 aliphatic rings. The Labute approximate surface area is 176 Å². The lowest BCUT2D eigenvalue weighted by Gasteiger charge is -2.31. The van der Waals surface area contributed by atoms with Gasteiger partial charge in [-0.25, -0.2) is 12.8 Å². The van der Waals surface area contributed by atoms with Crippen molar-refractivity contribution in [3.8, 4) is 5.75 Å². The van der Waals surface area contributed by atoms with Crippen LogP contribution in [0.15, 0.2) is 47.4 Å². The van der Waals surface area contributed by atoms with Gasteiger partial charge in [-0.05, 0) is 55.3 Å². The van der Waals surface area contributed by atoms with Gasteiger partial charge in [0.15, 0.2) is 0 Å². The Morgan fingerprint density at radius 2 is 1.84 bits per heavy atom. The summed E-state index contributed by atoms with van der Waals surface area (Å²) < 4.78 is 83.8. The summed E-state index contributed by atoms with van der Waals surface area (Å²) in [6.07, 6.45) is -3.69. The van der Waals surface area contributed by atoms with E-state index < -0.39 is 39.4 Å². The number of halogens is 4. The van der Waals surface area contributed by atoms with E-state index in [-0.39, 0.29) is 29.4 Å². The average Bonchev–Trinajstić information content (AvgIpc) is 2.73. The molecule has 2 aromatic carbocycles. The number of amides is 1. The number of methoxy groups -OCH3 is 1. The summed E-state index contributed by atoms with van der Waals surface area (Å²) in [4.78, 5) is 12.3. The molecule has 1 saturated heterocycles. The highest BCUT2D eigenvalue weighted by Crippen LogP contribution is 2.32. The molecule has 2 aromatic rings. The lowest BCUT2D eigenvalue weighted by molar-refractivity contribution is -0.137. The number of rotatable bonds is 5. The van der Waals surface area contributed by atoms with E-state index in [1.165, 1.54) is 13.2 Å². The quantitative estimate of drug-likeness (QED) is 0.687. The zero-order valence-corrected chi connectivity index (χ0v) is 17.3. The lowest BCUT2D eigenvalue weighted by Crippen LogP contribution is -2.43. The van der Waals surface area contributed by atoms with Crippen LogP contribution in [0.2, 0.25) is 0 Å². The third-order valence-electron chi connectivity index (χ3n) is 4.98. The summed E-state index contributed by atoms with van der Waals surface area (Å²) in [7, 11) is -2.86. The molecule has 0 aliphatic carbocycles. The molecule has 0 saturated carbocycles. The van der Waals surface area contributed by atoms with Gasteiger partial charge in [0, 0.05) is 18.8 Å². The monoisotopic (exact) mass is 460 g/mol. The van der Waals surface area contributed by atoms with Crippen LogP contribution in [-0.4, -0.2) is 38.8 Å². The highest BCUT2D eigenvalue weighted by molar-refractivity contribution is 7.89. The minimum Gasteiger partial charge on any atom is -0.495 e. The van der Waals surface area contributed by atoms with Gasteiger partial charge < -0.3 is 10.1 Å². The Morgan fingerprint density at radius 3 is 2.45 bits per heavy atom. The molecular formula is C20H20F4N2O4S. The van der Waals surface area contributed by atoms with Crippen molar-refractivity contribution < 1.29 is 35.5 Å². The van der Waals surface area contributed by atoms with Gasteiger partial charge in [0.05, 0.1) is 18.6 Å². The maximum absolute atomic E-state index is 13.7. The number of hydrogen-bond acceptors (Lipinski definition) is 4. The summed E-state index contributed by atoms with van der Waals surface area (Å²) in [5.41, 5.74) is -0.672. The van der Waals surface area contributed by atoms with Crippen molar-refractivity contribution >= 4 is 21.6 Å². The van der Waals surface area contributed by atoms with Crippen LogP contribution >= 0.6 is 0 Å². The Bertz CT molecular complexity index is 1060. The van der Waals surface area contributed by atoms with Gasteiger partial charge in [0.2, 0.25) is 15.9 Å². The van der Waals surface area contributed by atoms with E-state index in [0.717, 1.165) is 40.7 Å². The highest BCUT2D eigenvalue weighted by Gasteiger charge is 2.35. The molecule has 1 aliphatic heterocycles. The van der Waals surface area contributed by atoms with Gasteiger partial charge in [-0.1, -0.05) is 0 Å². The number of piperidine rings is 1. The smallest absolute Gasteiger partial charge is 0.416 e. The van der Waals surface area contributed by atoms with Crippen molar-refractivity contribution in [1.29, 1.82) is 0 Å². The molecule has 1 atom stereocenters. The number of hydrogen-bond donors (Lipinski definition) is 1. The predicted octanol–water partition coefficient (Wildman–Crippen LogP) is 3.89. The molecule has 0 unspecified atom stereocenters. The topological polar surface area (TPSA) is 75.7 Å². The maximum Gasteiger partial charge on any atom is 0.416 e. The van der Waals surface area contributed by atoms with Crippen LogP contribution in [0.5, 0.6) is 5.75 Å². The summed E-state index contributed by atoms with van der Waals surface area (Å²) >= 11 is 0. The Morgan fingerprint density at radius 1 is 1.16 bits per heavy atom. The average molecular weight is 460 g/mol. The second kappa shape index (κ2) is 8.83. The zero-order chi connectivity index (χ0) is 22.8. The molecule has 1 N–H and O–H groups in total. The maximum atomic E-state index is 13.7. The summed E-state index contributed by atoms with van der Waals surface area (Å²) in [5.74, 6) is -1.98.